The van der Waals surface area contributed by atoms with Gasteiger partial charge in [0.05, 0.1) is 0 Å². The lowest BCUT2D eigenvalue weighted by molar-refractivity contribution is 0.0758. The van der Waals surface area contributed by atoms with Gasteiger partial charge in [-0.15, -0.1) is 0 Å². The fraction of sp³-hybridized carbons (Fsp3) is 1.00. The van der Waals surface area contributed by atoms with E-state index in [2.05, 4.69) is 65.5 Å². The largest absolute Gasteiger partial charge is 0.657 e. The summed E-state index contributed by atoms with van der Waals surface area (Å²) in [5.74, 6) is 0. The van der Waals surface area contributed by atoms with Crippen LogP contribution in [0.3, 0.4) is 0 Å². The molecular weight excluding hydrogens is 657 g/mol. The summed E-state index contributed by atoms with van der Waals surface area (Å²) in [6, 6.07) is 4.37. The molecule has 0 atom stereocenters. The lowest BCUT2D eigenvalue weighted by atomic mass is 10.2. The molecule has 0 aliphatic heterocycles. The summed E-state index contributed by atoms with van der Waals surface area (Å²) in [4.78, 5) is 0. The molecule has 0 aromatic heterocycles. The Morgan fingerprint density at radius 3 is 0.909 bits per heavy atom. The van der Waals surface area contributed by atoms with Gasteiger partial charge in [-0.3, -0.25) is 0 Å². The fourth-order valence-electron chi connectivity index (χ4n) is 5.30. The van der Waals surface area contributed by atoms with Crippen LogP contribution in [0.5, 0.6) is 0 Å². The number of hydrogen-bond acceptors (Lipinski definition) is 10. The summed E-state index contributed by atoms with van der Waals surface area (Å²) in [6.45, 7) is 25.3. The highest BCUT2D eigenvalue weighted by molar-refractivity contribution is 6.88. The Morgan fingerprint density at radius 2 is 0.636 bits per heavy atom. The van der Waals surface area contributed by atoms with Crippen molar-refractivity contribution < 1.29 is 25.3 Å². The molecule has 0 aliphatic carbocycles. The van der Waals surface area contributed by atoms with E-state index in [-0.39, 0.29) is 0 Å². The van der Waals surface area contributed by atoms with E-state index in [1.807, 2.05) is 0 Å². The second-order valence-electron chi connectivity index (χ2n) is 14.7. The number of hydrogen-bond donors (Lipinski definition) is 4. The van der Waals surface area contributed by atoms with Crippen molar-refractivity contribution in [1.29, 1.82) is 0 Å². The van der Waals surface area contributed by atoms with Crippen LogP contribution in [0.1, 0.15) is 51.4 Å². The number of rotatable bonds is 26. The molecule has 0 aromatic carbocycles. The topological polar surface area (TPSA) is 159 Å². The second-order valence-corrected chi connectivity index (χ2v) is 38.7. The maximum atomic E-state index is 6.46. The standard InChI is InChI=1S/C16H42N2O4Si3.C12H34N2O2Si3/c1-19-25(20-2,21-23(3,4)15-11-7-9-13-17)22-24(5,6)16-12-8-10-14-18;1-17(2,11-7-9-13)15-19(5,6)16-18(3,4)12-8-10-14/h7-18H2,1-6H3;7-14H2,1-6H3. The van der Waals surface area contributed by atoms with E-state index in [9.17, 15) is 0 Å². The van der Waals surface area contributed by atoms with E-state index < -0.39 is 50.9 Å². The molecule has 16 heteroatoms. The van der Waals surface area contributed by atoms with Crippen LogP contribution in [0.25, 0.3) is 0 Å². The lowest BCUT2D eigenvalue weighted by Crippen LogP contribution is -2.59. The lowest BCUT2D eigenvalue weighted by Gasteiger charge is -2.38. The quantitative estimate of drug-likeness (QED) is 0.0592. The van der Waals surface area contributed by atoms with Gasteiger partial charge in [-0.05, 0) is 142 Å². The first kappa shape index (κ1) is 47.0. The van der Waals surface area contributed by atoms with Gasteiger partial charge < -0.3 is 48.2 Å². The van der Waals surface area contributed by atoms with E-state index >= 15 is 0 Å². The normalized spacial score (nSPS) is 13.6. The summed E-state index contributed by atoms with van der Waals surface area (Å²) < 4.78 is 37.2. The molecule has 10 nitrogen and oxygen atoms in total. The zero-order valence-corrected chi connectivity index (χ0v) is 37.1. The Bertz CT molecular complexity index is 668. The van der Waals surface area contributed by atoms with Crippen LogP contribution < -0.4 is 22.9 Å². The van der Waals surface area contributed by atoms with E-state index in [1.54, 1.807) is 14.2 Å². The third-order valence-electron chi connectivity index (χ3n) is 7.28. The van der Waals surface area contributed by atoms with Gasteiger partial charge in [0, 0.05) is 14.2 Å². The molecule has 0 aromatic rings. The predicted molar refractivity (Wildman–Crippen MR) is 204 cm³/mol. The van der Waals surface area contributed by atoms with Crippen LogP contribution in [-0.4, -0.2) is 91.3 Å². The van der Waals surface area contributed by atoms with E-state index in [4.69, 9.17) is 48.2 Å². The Labute approximate surface area is 279 Å². The molecule has 44 heavy (non-hydrogen) atoms. The molecule has 0 fully saturated rings. The number of nitrogens with two attached hydrogens (primary N) is 4. The molecule has 0 amide bonds. The van der Waals surface area contributed by atoms with Gasteiger partial charge in [0.15, 0.2) is 33.3 Å². The minimum absolute atomic E-state index is 0.749. The van der Waals surface area contributed by atoms with Crippen LogP contribution in [0, 0.1) is 0 Å². The summed E-state index contributed by atoms with van der Waals surface area (Å²) in [5, 5.41) is 0. The molecule has 0 saturated heterocycles. The zero-order chi connectivity index (χ0) is 34.6. The molecule has 0 spiro atoms. The Morgan fingerprint density at radius 1 is 0.364 bits per heavy atom. The van der Waals surface area contributed by atoms with Crippen molar-refractivity contribution in [3.05, 3.63) is 0 Å². The van der Waals surface area contributed by atoms with Gasteiger partial charge in [-0.1, -0.05) is 25.7 Å². The summed E-state index contributed by atoms with van der Waals surface area (Å²) in [6.07, 6.45) is 8.81. The highest BCUT2D eigenvalue weighted by Gasteiger charge is 2.51. The van der Waals surface area contributed by atoms with Crippen molar-refractivity contribution in [2.24, 2.45) is 22.9 Å². The third-order valence-corrected chi connectivity index (χ3v) is 29.3. The minimum atomic E-state index is -3.08. The maximum absolute atomic E-state index is 6.46. The average Bonchev–Trinajstić information content (AvgIpc) is 2.89. The Kier molecular flexibility index (Phi) is 24.9. The third kappa shape index (κ3) is 25.0. The van der Waals surface area contributed by atoms with Crippen molar-refractivity contribution in [3.8, 4) is 0 Å². The molecule has 0 rings (SSSR count). The van der Waals surface area contributed by atoms with Gasteiger partial charge in [-0.2, -0.15) is 0 Å². The van der Waals surface area contributed by atoms with Crippen molar-refractivity contribution in [2.75, 3.05) is 40.4 Å². The molecular formula is C28H76N4O6Si6. The molecule has 0 heterocycles. The van der Waals surface area contributed by atoms with Gasteiger partial charge in [0.2, 0.25) is 0 Å². The monoisotopic (exact) mass is 732 g/mol. The molecule has 268 valence electrons. The van der Waals surface area contributed by atoms with Gasteiger partial charge in [-0.25, -0.2) is 0 Å². The summed E-state index contributed by atoms with van der Waals surface area (Å²) in [7, 11) is -8.94. The van der Waals surface area contributed by atoms with Crippen molar-refractivity contribution >= 4 is 50.9 Å². The first-order valence-corrected chi connectivity index (χ1v) is 33.8. The van der Waals surface area contributed by atoms with Gasteiger partial charge in [0.1, 0.15) is 0 Å². The van der Waals surface area contributed by atoms with Gasteiger partial charge in [0.25, 0.3) is 0 Å². The molecule has 0 saturated carbocycles. The van der Waals surface area contributed by atoms with Crippen molar-refractivity contribution in [3.63, 3.8) is 0 Å². The van der Waals surface area contributed by atoms with Gasteiger partial charge >= 0.3 is 17.6 Å². The molecule has 0 radical (unpaired) electrons. The van der Waals surface area contributed by atoms with E-state index in [1.165, 1.54) is 0 Å². The van der Waals surface area contributed by atoms with Crippen LogP contribution >= 0.6 is 0 Å². The summed E-state index contributed by atoms with van der Waals surface area (Å²) in [5.41, 5.74) is 22.3. The Balaban J connectivity index is 0. The molecule has 0 bridgehead atoms. The Hall–Kier alpha value is 0.901. The zero-order valence-electron chi connectivity index (χ0n) is 31.1. The highest BCUT2D eigenvalue weighted by Crippen LogP contribution is 2.28. The van der Waals surface area contributed by atoms with Crippen LogP contribution in [-0.2, 0) is 25.3 Å². The van der Waals surface area contributed by atoms with Crippen molar-refractivity contribution in [1.82, 2.24) is 0 Å². The molecule has 0 aliphatic rings. The van der Waals surface area contributed by atoms with Crippen molar-refractivity contribution in [2.45, 2.75) is 141 Å². The smallest absolute Gasteiger partial charge is 0.437 e. The number of unbranched alkanes of at least 4 members (excludes halogenated alkanes) is 4. The first-order chi connectivity index (χ1) is 20.2. The van der Waals surface area contributed by atoms with Crippen LogP contribution in [0.4, 0.5) is 0 Å². The summed E-state index contributed by atoms with van der Waals surface area (Å²) >= 11 is 0. The van der Waals surface area contributed by atoms with Crippen LogP contribution in [0.15, 0.2) is 0 Å². The molecule has 8 N–H and O–H groups in total. The predicted octanol–water partition coefficient (Wildman–Crippen LogP) is 6.25. The van der Waals surface area contributed by atoms with E-state index in [0.29, 0.717) is 0 Å². The highest BCUT2D eigenvalue weighted by atomic mass is 28.5. The SMILES string of the molecule is CO[Si](OC)(O[Si](C)(C)CCCCCN)O[Si](C)(C)CCCCCN.C[Si](C)(CCCN)O[Si](C)(C)O[Si](C)(C)CCCN. The second kappa shape index (κ2) is 23.3. The van der Waals surface area contributed by atoms with E-state index in [0.717, 1.165) is 102 Å². The maximum Gasteiger partial charge on any atom is 0.657 e. The average molecular weight is 733 g/mol. The van der Waals surface area contributed by atoms with Crippen LogP contribution in [0.2, 0.25) is 89.6 Å². The molecule has 0 unspecified atom stereocenters. The minimum Gasteiger partial charge on any atom is -0.437 e. The fourth-order valence-corrected chi connectivity index (χ4v) is 29.9. The first-order valence-electron chi connectivity index (χ1n) is 16.9.